The summed E-state index contributed by atoms with van der Waals surface area (Å²) in [5.41, 5.74) is -4.55. The number of allylic oxidation sites excluding steroid dienone is 4. The minimum atomic E-state index is -5.53. The topological polar surface area (TPSA) is 0 Å². The molecule has 0 nitrogen and oxygen atoms in total. The third-order valence-electron chi connectivity index (χ3n) is 5.50. The zero-order valence-electron chi connectivity index (χ0n) is 15.4. The fourth-order valence-corrected chi connectivity index (χ4v) is 3.23. The molecule has 1 aromatic rings. The molecule has 0 unspecified atom stereocenters. The van der Waals surface area contributed by atoms with Gasteiger partial charge in [0.25, 0.3) is 0 Å². The van der Waals surface area contributed by atoms with E-state index in [1.54, 1.807) is 27.7 Å². The predicted molar refractivity (Wildman–Crippen MR) is 89.9 cm³/mol. The Kier molecular flexibility index (Phi) is 4.89. The van der Waals surface area contributed by atoms with E-state index in [9.17, 15) is 26.3 Å². The van der Waals surface area contributed by atoms with Crippen LogP contribution in [0.2, 0.25) is 0 Å². The van der Waals surface area contributed by atoms with E-state index < -0.39 is 34.3 Å². The molecule has 0 aromatic heterocycles. The standard InChI is InChI=1S/C20H22F6/c1-12-6-7-15(10-13(12)2)18(19(21,22)23,20(24,25)26)16-8-9-17(4,5)14(3)11-16/h6-8,10-11H,9H2,1-5H3. The minimum absolute atomic E-state index is 0.115. The Balaban J connectivity index is 2.87. The van der Waals surface area contributed by atoms with Gasteiger partial charge < -0.3 is 0 Å². The summed E-state index contributed by atoms with van der Waals surface area (Å²) in [4.78, 5) is 0. The molecule has 1 aromatic carbocycles. The summed E-state index contributed by atoms with van der Waals surface area (Å²) in [6.07, 6.45) is -8.81. The molecular weight excluding hydrogens is 354 g/mol. The van der Waals surface area contributed by atoms with Gasteiger partial charge in [0, 0.05) is 0 Å². The Morgan fingerprint density at radius 2 is 1.38 bits per heavy atom. The van der Waals surface area contributed by atoms with Crippen molar-refractivity contribution in [1.29, 1.82) is 0 Å². The van der Waals surface area contributed by atoms with Gasteiger partial charge >= 0.3 is 12.4 Å². The molecule has 0 fully saturated rings. The van der Waals surface area contributed by atoms with Gasteiger partial charge in [-0.15, -0.1) is 0 Å². The van der Waals surface area contributed by atoms with Gasteiger partial charge in [-0.2, -0.15) is 26.3 Å². The molecule has 0 radical (unpaired) electrons. The highest BCUT2D eigenvalue weighted by atomic mass is 19.4. The number of hydrogen-bond acceptors (Lipinski definition) is 0. The molecule has 0 spiro atoms. The molecule has 6 heteroatoms. The Hall–Kier alpha value is -1.72. The molecule has 0 saturated carbocycles. The Morgan fingerprint density at radius 3 is 1.81 bits per heavy atom. The quantitative estimate of drug-likeness (QED) is 0.489. The van der Waals surface area contributed by atoms with Gasteiger partial charge in [-0.1, -0.05) is 49.8 Å². The van der Waals surface area contributed by atoms with Crippen LogP contribution in [0.4, 0.5) is 26.3 Å². The molecule has 26 heavy (non-hydrogen) atoms. The van der Waals surface area contributed by atoms with Crippen LogP contribution in [0.25, 0.3) is 0 Å². The molecule has 0 heterocycles. The van der Waals surface area contributed by atoms with E-state index in [-0.39, 0.29) is 6.42 Å². The maximum Gasteiger partial charge on any atom is 0.411 e. The monoisotopic (exact) mass is 376 g/mol. The summed E-state index contributed by atoms with van der Waals surface area (Å²) < 4.78 is 84.6. The first-order valence-corrected chi connectivity index (χ1v) is 8.25. The minimum Gasteiger partial charge on any atom is -0.169 e. The second-order valence-corrected chi connectivity index (χ2v) is 7.62. The van der Waals surface area contributed by atoms with Crippen LogP contribution in [0.15, 0.2) is 41.5 Å². The first-order chi connectivity index (χ1) is 11.6. The van der Waals surface area contributed by atoms with Crippen molar-refractivity contribution in [2.45, 2.75) is 58.8 Å². The Morgan fingerprint density at radius 1 is 0.846 bits per heavy atom. The molecule has 0 saturated heterocycles. The van der Waals surface area contributed by atoms with E-state index in [0.717, 1.165) is 24.3 Å². The van der Waals surface area contributed by atoms with Gasteiger partial charge in [-0.05, 0) is 54.9 Å². The van der Waals surface area contributed by atoms with Crippen molar-refractivity contribution < 1.29 is 26.3 Å². The third-order valence-corrected chi connectivity index (χ3v) is 5.50. The molecule has 1 aliphatic rings. The molecule has 0 amide bonds. The second kappa shape index (κ2) is 6.17. The van der Waals surface area contributed by atoms with E-state index >= 15 is 0 Å². The molecule has 144 valence electrons. The first-order valence-electron chi connectivity index (χ1n) is 8.25. The highest BCUT2D eigenvalue weighted by Crippen LogP contribution is 2.58. The second-order valence-electron chi connectivity index (χ2n) is 7.62. The normalized spacial score (nSPS) is 18.4. The summed E-state index contributed by atoms with van der Waals surface area (Å²) >= 11 is 0. The van der Waals surface area contributed by atoms with Crippen molar-refractivity contribution in [3.8, 4) is 0 Å². The summed E-state index contributed by atoms with van der Waals surface area (Å²) in [5.74, 6) is 0. The predicted octanol–water partition coefficient (Wildman–Crippen LogP) is 6.97. The SMILES string of the molecule is CC1=CC(C(c2ccc(C)c(C)c2)(C(F)(F)F)C(F)(F)F)=CCC1(C)C. The van der Waals surface area contributed by atoms with Gasteiger partial charge in [-0.25, -0.2) is 0 Å². The van der Waals surface area contributed by atoms with Crippen LogP contribution in [0, 0.1) is 19.3 Å². The number of hydrogen-bond donors (Lipinski definition) is 0. The van der Waals surface area contributed by atoms with Crippen LogP contribution in [0.5, 0.6) is 0 Å². The van der Waals surface area contributed by atoms with Crippen molar-refractivity contribution in [2.24, 2.45) is 5.41 Å². The lowest BCUT2D eigenvalue weighted by molar-refractivity contribution is -0.289. The first kappa shape index (κ1) is 20.6. The van der Waals surface area contributed by atoms with Crippen LogP contribution in [-0.4, -0.2) is 12.4 Å². The fraction of sp³-hybridized carbons (Fsp3) is 0.500. The average Bonchev–Trinajstić information content (AvgIpc) is 2.44. The summed E-state index contributed by atoms with van der Waals surface area (Å²) in [6, 6.07) is 3.24. The van der Waals surface area contributed by atoms with Gasteiger partial charge in [0.05, 0.1) is 0 Å². The molecule has 2 rings (SSSR count). The zero-order valence-corrected chi connectivity index (χ0v) is 15.4. The molecule has 0 atom stereocenters. The molecule has 0 bridgehead atoms. The van der Waals surface area contributed by atoms with E-state index in [4.69, 9.17) is 0 Å². The van der Waals surface area contributed by atoms with Gasteiger partial charge in [-0.3, -0.25) is 0 Å². The number of rotatable bonds is 2. The maximum atomic E-state index is 14.1. The van der Waals surface area contributed by atoms with Crippen LogP contribution in [0.1, 0.15) is 43.9 Å². The van der Waals surface area contributed by atoms with Crippen molar-refractivity contribution in [3.63, 3.8) is 0 Å². The number of aryl methyl sites for hydroxylation is 2. The lowest BCUT2D eigenvalue weighted by Crippen LogP contribution is -2.55. The van der Waals surface area contributed by atoms with Crippen molar-refractivity contribution in [1.82, 2.24) is 0 Å². The fourth-order valence-electron chi connectivity index (χ4n) is 3.23. The maximum absolute atomic E-state index is 14.1. The lowest BCUT2D eigenvalue weighted by atomic mass is 9.66. The molecule has 0 aliphatic heterocycles. The average molecular weight is 376 g/mol. The summed E-state index contributed by atoms with van der Waals surface area (Å²) in [7, 11) is 0. The van der Waals surface area contributed by atoms with E-state index in [2.05, 4.69) is 0 Å². The highest BCUT2D eigenvalue weighted by molar-refractivity contribution is 5.51. The van der Waals surface area contributed by atoms with E-state index in [0.29, 0.717) is 16.7 Å². The van der Waals surface area contributed by atoms with Crippen LogP contribution >= 0.6 is 0 Å². The molecular formula is C20H22F6. The molecule has 0 N–H and O–H groups in total. The zero-order chi connectivity index (χ0) is 20.1. The van der Waals surface area contributed by atoms with Crippen molar-refractivity contribution in [2.75, 3.05) is 0 Å². The van der Waals surface area contributed by atoms with E-state index in [1.807, 2.05) is 0 Å². The number of halogens is 6. The van der Waals surface area contributed by atoms with E-state index in [1.165, 1.54) is 13.0 Å². The number of benzene rings is 1. The van der Waals surface area contributed by atoms with Gasteiger partial charge in [0.2, 0.25) is 5.41 Å². The summed E-state index contributed by atoms with van der Waals surface area (Å²) in [6.45, 7) is 8.32. The highest BCUT2D eigenvalue weighted by Gasteiger charge is 2.73. The molecule has 1 aliphatic carbocycles. The van der Waals surface area contributed by atoms with Crippen molar-refractivity contribution in [3.05, 3.63) is 58.2 Å². The van der Waals surface area contributed by atoms with Crippen molar-refractivity contribution >= 4 is 0 Å². The number of alkyl halides is 6. The Labute approximate surface area is 149 Å². The Bertz CT molecular complexity index is 745. The van der Waals surface area contributed by atoms with Gasteiger partial charge in [0.1, 0.15) is 0 Å². The summed E-state index contributed by atoms with van der Waals surface area (Å²) in [5, 5.41) is 0. The lowest BCUT2D eigenvalue weighted by Gasteiger charge is -2.42. The van der Waals surface area contributed by atoms with Crippen LogP contribution in [-0.2, 0) is 5.41 Å². The van der Waals surface area contributed by atoms with Crippen LogP contribution in [0.3, 0.4) is 0 Å². The third kappa shape index (κ3) is 3.08. The van der Waals surface area contributed by atoms with Crippen LogP contribution < -0.4 is 0 Å². The van der Waals surface area contributed by atoms with Gasteiger partial charge in [0.15, 0.2) is 0 Å². The largest absolute Gasteiger partial charge is 0.411 e. The smallest absolute Gasteiger partial charge is 0.169 e.